The lowest BCUT2D eigenvalue weighted by molar-refractivity contribution is 0.0540. The Kier molecular flexibility index (Phi) is 4.87. The van der Waals surface area contributed by atoms with Crippen LogP contribution in [0, 0.1) is 0 Å². The van der Waals surface area contributed by atoms with Gasteiger partial charge in [0, 0.05) is 6.04 Å². The van der Waals surface area contributed by atoms with Gasteiger partial charge in [0.1, 0.15) is 17.3 Å². The van der Waals surface area contributed by atoms with Gasteiger partial charge in [0.25, 0.3) is 0 Å². The van der Waals surface area contributed by atoms with Gasteiger partial charge in [-0.05, 0) is 43.5 Å². The van der Waals surface area contributed by atoms with E-state index in [0.29, 0.717) is 5.57 Å². The standard InChI is InChI=1S/C15H19NO5S/c1-10(2)9-21-15(17)11-4-7-13(20-3)14(8-11)22(18,19)16-12-5-6-12/h4,7-8,12,16H,1,5-6,9H2,2-3H3. The molecule has 1 N–H and O–H groups in total. The highest BCUT2D eigenvalue weighted by Gasteiger charge is 2.30. The van der Waals surface area contributed by atoms with Gasteiger partial charge in [0.15, 0.2) is 0 Å². The molecule has 1 aliphatic rings. The van der Waals surface area contributed by atoms with E-state index in [0.717, 1.165) is 12.8 Å². The number of ether oxygens (including phenoxy) is 2. The molecule has 0 heterocycles. The molecule has 7 heteroatoms. The predicted octanol–water partition coefficient (Wildman–Crippen LogP) is 1.87. The van der Waals surface area contributed by atoms with Crippen LogP contribution in [0.25, 0.3) is 0 Å². The summed E-state index contributed by atoms with van der Waals surface area (Å²) >= 11 is 0. The third-order valence-electron chi connectivity index (χ3n) is 3.04. The Balaban J connectivity index is 2.29. The average molecular weight is 325 g/mol. The average Bonchev–Trinajstić information content (AvgIpc) is 3.27. The molecule has 0 spiro atoms. The number of rotatable bonds is 7. The van der Waals surface area contributed by atoms with Crippen LogP contribution in [0.5, 0.6) is 5.75 Å². The molecule has 0 aromatic heterocycles. The maximum atomic E-state index is 12.3. The SMILES string of the molecule is C=C(C)COC(=O)c1ccc(OC)c(S(=O)(=O)NC2CC2)c1. The van der Waals surface area contributed by atoms with Crippen LogP contribution in [0.1, 0.15) is 30.1 Å². The van der Waals surface area contributed by atoms with Crippen LogP contribution in [-0.2, 0) is 14.8 Å². The van der Waals surface area contributed by atoms with Gasteiger partial charge in [-0.15, -0.1) is 0 Å². The van der Waals surface area contributed by atoms with Crippen LogP contribution in [0.3, 0.4) is 0 Å². The topological polar surface area (TPSA) is 81.7 Å². The van der Waals surface area contributed by atoms with E-state index in [-0.39, 0.29) is 28.9 Å². The number of benzene rings is 1. The van der Waals surface area contributed by atoms with Crippen LogP contribution >= 0.6 is 0 Å². The van der Waals surface area contributed by atoms with Crippen molar-refractivity contribution in [2.45, 2.75) is 30.7 Å². The maximum Gasteiger partial charge on any atom is 0.338 e. The lowest BCUT2D eigenvalue weighted by Gasteiger charge is -2.12. The largest absolute Gasteiger partial charge is 0.495 e. The van der Waals surface area contributed by atoms with Gasteiger partial charge in [-0.2, -0.15) is 0 Å². The van der Waals surface area contributed by atoms with Gasteiger partial charge in [-0.3, -0.25) is 0 Å². The minimum Gasteiger partial charge on any atom is -0.495 e. The fourth-order valence-corrected chi connectivity index (χ4v) is 3.27. The van der Waals surface area contributed by atoms with Crippen molar-refractivity contribution in [3.63, 3.8) is 0 Å². The summed E-state index contributed by atoms with van der Waals surface area (Å²) in [5.41, 5.74) is 0.850. The monoisotopic (exact) mass is 325 g/mol. The number of carbonyl (C=O) groups excluding carboxylic acids is 1. The van der Waals surface area contributed by atoms with Crippen molar-refractivity contribution in [2.24, 2.45) is 0 Å². The summed E-state index contributed by atoms with van der Waals surface area (Å²) in [4.78, 5) is 11.9. The summed E-state index contributed by atoms with van der Waals surface area (Å²) < 4.78 is 37.4. The van der Waals surface area contributed by atoms with Gasteiger partial charge in [-0.25, -0.2) is 17.9 Å². The Morgan fingerprint density at radius 3 is 2.64 bits per heavy atom. The number of nitrogens with one attached hydrogen (secondary N) is 1. The lowest BCUT2D eigenvalue weighted by Crippen LogP contribution is -2.26. The summed E-state index contributed by atoms with van der Waals surface area (Å²) in [7, 11) is -2.35. The molecule has 1 aromatic carbocycles. The first-order valence-electron chi connectivity index (χ1n) is 6.85. The Morgan fingerprint density at radius 2 is 2.09 bits per heavy atom. The van der Waals surface area contributed by atoms with E-state index in [1.807, 2.05) is 0 Å². The first-order chi connectivity index (χ1) is 10.3. The molecular formula is C15H19NO5S. The van der Waals surface area contributed by atoms with Crippen LogP contribution in [0.15, 0.2) is 35.2 Å². The second kappa shape index (κ2) is 6.50. The summed E-state index contributed by atoms with van der Waals surface area (Å²) in [6, 6.07) is 4.15. The third-order valence-corrected chi connectivity index (χ3v) is 4.58. The molecule has 0 aliphatic heterocycles. The molecule has 0 atom stereocenters. The van der Waals surface area contributed by atoms with Crippen LogP contribution in [0.2, 0.25) is 0 Å². The quantitative estimate of drug-likeness (QED) is 0.611. The van der Waals surface area contributed by atoms with E-state index in [4.69, 9.17) is 9.47 Å². The molecule has 1 saturated carbocycles. The molecule has 1 aliphatic carbocycles. The van der Waals surface area contributed by atoms with Gasteiger partial charge < -0.3 is 9.47 Å². The molecule has 6 nitrogen and oxygen atoms in total. The highest BCUT2D eigenvalue weighted by Crippen LogP contribution is 2.28. The predicted molar refractivity (Wildman–Crippen MR) is 81.4 cm³/mol. The van der Waals surface area contributed by atoms with Crippen molar-refractivity contribution < 1.29 is 22.7 Å². The summed E-state index contributed by atoms with van der Waals surface area (Å²) in [6.07, 6.45) is 1.64. The lowest BCUT2D eigenvalue weighted by atomic mass is 10.2. The normalized spacial score (nSPS) is 14.5. The minimum atomic E-state index is -3.73. The van der Waals surface area contributed by atoms with Crippen molar-refractivity contribution in [1.29, 1.82) is 0 Å². The van der Waals surface area contributed by atoms with Crippen molar-refractivity contribution in [3.05, 3.63) is 35.9 Å². The van der Waals surface area contributed by atoms with Crippen molar-refractivity contribution >= 4 is 16.0 Å². The van der Waals surface area contributed by atoms with E-state index in [1.165, 1.54) is 25.3 Å². The van der Waals surface area contributed by atoms with E-state index < -0.39 is 16.0 Å². The van der Waals surface area contributed by atoms with Gasteiger partial charge in [-0.1, -0.05) is 6.58 Å². The van der Waals surface area contributed by atoms with Gasteiger partial charge in [0.05, 0.1) is 12.7 Å². The molecular weight excluding hydrogens is 306 g/mol. The van der Waals surface area contributed by atoms with E-state index in [9.17, 15) is 13.2 Å². The third kappa shape index (κ3) is 4.08. The number of carbonyl (C=O) groups is 1. The van der Waals surface area contributed by atoms with E-state index >= 15 is 0 Å². The number of esters is 1. The van der Waals surface area contributed by atoms with Crippen molar-refractivity contribution in [2.75, 3.05) is 13.7 Å². The molecule has 0 amide bonds. The molecule has 1 fully saturated rings. The number of methoxy groups -OCH3 is 1. The second-order valence-corrected chi connectivity index (χ2v) is 6.98. The summed E-state index contributed by atoms with van der Waals surface area (Å²) in [6.45, 7) is 5.46. The Morgan fingerprint density at radius 1 is 1.41 bits per heavy atom. The zero-order chi connectivity index (χ0) is 16.3. The fourth-order valence-electron chi connectivity index (χ4n) is 1.77. The zero-order valence-corrected chi connectivity index (χ0v) is 13.4. The first kappa shape index (κ1) is 16.5. The fraction of sp³-hybridized carbons (Fsp3) is 0.400. The molecule has 0 saturated heterocycles. The molecule has 0 unspecified atom stereocenters. The first-order valence-corrected chi connectivity index (χ1v) is 8.33. The maximum absolute atomic E-state index is 12.3. The van der Waals surface area contributed by atoms with E-state index in [1.54, 1.807) is 6.92 Å². The molecule has 0 radical (unpaired) electrons. The number of hydrogen-bond acceptors (Lipinski definition) is 5. The van der Waals surface area contributed by atoms with Crippen LogP contribution in [0.4, 0.5) is 0 Å². The molecule has 2 rings (SSSR count). The van der Waals surface area contributed by atoms with Gasteiger partial charge in [0.2, 0.25) is 10.0 Å². The Hall–Kier alpha value is -1.86. The number of hydrogen-bond donors (Lipinski definition) is 1. The molecule has 22 heavy (non-hydrogen) atoms. The van der Waals surface area contributed by atoms with Gasteiger partial charge >= 0.3 is 5.97 Å². The van der Waals surface area contributed by atoms with E-state index in [2.05, 4.69) is 11.3 Å². The molecule has 1 aromatic rings. The van der Waals surface area contributed by atoms with Crippen molar-refractivity contribution in [1.82, 2.24) is 4.72 Å². The summed E-state index contributed by atoms with van der Waals surface area (Å²) in [5.74, 6) is -0.418. The highest BCUT2D eigenvalue weighted by atomic mass is 32.2. The Bertz CT molecular complexity index is 692. The zero-order valence-electron chi connectivity index (χ0n) is 12.6. The van der Waals surface area contributed by atoms with Crippen molar-refractivity contribution in [3.8, 4) is 5.75 Å². The van der Waals surface area contributed by atoms with Crippen LogP contribution in [-0.4, -0.2) is 34.1 Å². The molecule has 120 valence electrons. The number of sulfonamides is 1. The highest BCUT2D eigenvalue weighted by molar-refractivity contribution is 7.89. The minimum absolute atomic E-state index is 0.0336. The molecule has 0 bridgehead atoms. The Labute approximate surface area is 130 Å². The van der Waals surface area contributed by atoms with Crippen LogP contribution < -0.4 is 9.46 Å². The second-order valence-electron chi connectivity index (χ2n) is 5.29. The summed E-state index contributed by atoms with van der Waals surface area (Å²) in [5, 5.41) is 0. The smallest absolute Gasteiger partial charge is 0.338 e.